The maximum Gasteiger partial charge on any atom is 0.257 e. The smallest absolute Gasteiger partial charge is 0.257 e. The number of amides is 1. The summed E-state index contributed by atoms with van der Waals surface area (Å²) in [6.07, 6.45) is 2.13. The summed E-state index contributed by atoms with van der Waals surface area (Å²) in [5, 5.41) is 6.07. The summed E-state index contributed by atoms with van der Waals surface area (Å²) in [6, 6.07) is 11.9. The monoisotopic (exact) mass is 350 g/mol. The van der Waals surface area contributed by atoms with E-state index >= 15 is 0 Å². The Morgan fingerprint density at radius 1 is 1.15 bits per heavy atom. The van der Waals surface area contributed by atoms with Gasteiger partial charge in [-0.05, 0) is 49.6 Å². The molecule has 2 heterocycles. The molecule has 0 aliphatic carbocycles. The van der Waals surface area contributed by atoms with E-state index in [1.807, 2.05) is 55.1 Å². The standard InChI is InChI=1S/C21H22N2O3/c1-14-19(15(2)26-22-14)13-25-20-12-17-8-4-3-7-16(17)11-18(20)21(24)23-9-5-6-10-23/h3-4,7-8,11-12H,5-6,9-10,13H2,1-2H3. The van der Waals surface area contributed by atoms with E-state index in [4.69, 9.17) is 9.26 Å². The molecular weight excluding hydrogens is 328 g/mol. The second-order valence-corrected chi connectivity index (χ2v) is 6.79. The van der Waals surface area contributed by atoms with Crippen LogP contribution in [0, 0.1) is 13.8 Å². The number of hydrogen-bond acceptors (Lipinski definition) is 4. The largest absolute Gasteiger partial charge is 0.488 e. The Kier molecular flexibility index (Phi) is 4.37. The lowest BCUT2D eigenvalue weighted by Crippen LogP contribution is -2.28. The third-order valence-electron chi connectivity index (χ3n) is 5.02. The summed E-state index contributed by atoms with van der Waals surface area (Å²) in [6.45, 7) is 5.73. The van der Waals surface area contributed by atoms with Gasteiger partial charge in [-0.15, -0.1) is 0 Å². The van der Waals surface area contributed by atoms with Crippen LogP contribution in [0.15, 0.2) is 40.9 Å². The van der Waals surface area contributed by atoms with Gasteiger partial charge in [0.15, 0.2) is 0 Å². The average Bonchev–Trinajstić information content (AvgIpc) is 3.29. The highest BCUT2D eigenvalue weighted by atomic mass is 16.5. The summed E-state index contributed by atoms with van der Waals surface area (Å²) in [5.74, 6) is 1.40. The van der Waals surface area contributed by atoms with Gasteiger partial charge in [0.25, 0.3) is 5.91 Å². The molecule has 0 saturated carbocycles. The number of carbonyl (C=O) groups is 1. The van der Waals surface area contributed by atoms with Crippen LogP contribution in [0.3, 0.4) is 0 Å². The van der Waals surface area contributed by atoms with Crippen LogP contribution in [0.25, 0.3) is 10.8 Å². The molecule has 0 atom stereocenters. The molecule has 5 heteroatoms. The van der Waals surface area contributed by atoms with E-state index in [-0.39, 0.29) is 5.91 Å². The number of fused-ring (bicyclic) bond motifs is 1. The highest BCUT2D eigenvalue weighted by Crippen LogP contribution is 2.29. The molecule has 0 bridgehead atoms. The number of nitrogens with zero attached hydrogens (tertiary/aromatic N) is 2. The predicted molar refractivity (Wildman–Crippen MR) is 99.4 cm³/mol. The lowest BCUT2D eigenvalue weighted by atomic mass is 10.0. The van der Waals surface area contributed by atoms with Crippen molar-refractivity contribution in [1.29, 1.82) is 0 Å². The normalized spacial score (nSPS) is 14.2. The molecule has 0 N–H and O–H groups in total. The van der Waals surface area contributed by atoms with Gasteiger partial charge in [0.2, 0.25) is 0 Å². The van der Waals surface area contributed by atoms with Crippen molar-refractivity contribution < 1.29 is 14.1 Å². The average molecular weight is 350 g/mol. The molecule has 5 nitrogen and oxygen atoms in total. The molecule has 26 heavy (non-hydrogen) atoms. The number of likely N-dealkylation sites (tertiary alicyclic amines) is 1. The molecule has 1 fully saturated rings. The van der Waals surface area contributed by atoms with Crippen molar-refractivity contribution in [1.82, 2.24) is 10.1 Å². The number of aromatic nitrogens is 1. The maximum absolute atomic E-state index is 13.0. The van der Waals surface area contributed by atoms with Crippen molar-refractivity contribution in [3.8, 4) is 5.75 Å². The molecular formula is C21H22N2O3. The van der Waals surface area contributed by atoms with E-state index in [0.29, 0.717) is 17.9 Å². The quantitative estimate of drug-likeness (QED) is 0.705. The van der Waals surface area contributed by atoms with Gasteiger partial charge < -0.3 is 14.2 Å². The highest BCUT2D eigenvalue weighted by Gasteiger charge is 2.23. The number of ether oxygens (including phenoxy) is 1. The van der Waals surface area contributed by atoms with E-state index in [1.54, 1.807) is 0 Å². The second kappa shape index (κ2) is 6.83. The highest BCUT2D eigenvalue weighted by molar-refractivity contribution is 6.01. The summed E-state index contributed by atoms with van der Waals surface area (Å²) >= 11 is 0. The SMILES string of the molecule is Cc1noc(C)c1COc1cc2ccccc2cc1C(=O)N1CCCC1. The minimum absolute atomic E-state index is 0.0435. The van der Waals surface area contributed by atoms with Gasteiger partial charge in [0.05, 0.1) is 16.8 Å². The van der Waals surface area contributed by atoms with Crippen molar-refractivity contribution >= 4 is 16.7 Å². The topological polar surface area (TPSA) is 55.6 Å². The van der Waals surface area contributed by atoms with E-state index < -0.39 is 0 Å². The Morgan fingerprint density at radius 3 is 2.50 bits per heavy atom. The van der Waals surface area contributed by atoms with Crippen LogP contribution in [-0.4, -0.2) is 29.1 Å². The zero-order valence-electron chi connectivity index (χ0n) is 15.1. The van der Waals surface area contributed by atoms with E-state index in [0.717, 1.165) is 53.7 Å². The van der Waals surface area contributed by atoms with Crippen molar-refractivity contribution in [2.24, 2.45) is 0 Å². The fourth-order valence-corrected chi connectivity index (χ4v) is 3.45. The Bertz CT molecular complexity index is 936. The lowest BCUT2D eigenvalue weighted by molar-refractivity contribution is 0.0788. The number of aryl methyl sites for hydroxylation is 2. The molecule has 3 aromatic rings. The first-order valence-electron chi connectivity index (χ1n) is 9.00. The van der Waals surface area contributed by atoms with Crippen LogP contribution in [0.1, 0.15) is 40.2 Å². The van der Waals surface area contributed by atoms with Crippen molar-refractivity contribution in [3.63, 3.8) is 0 Å². The first kappa shape index (κ1) is 16.6. The molecule has 134 valence electrons. The van der Waals surface area contributed by atoms with Gasteiger partial charge in [-0.1, -0.05) is 29.4 Å². The van der Waals surface area contributed by atoms with Gasteiger partial charge >= 0.3 is 0 Å². The molecule has 0 radical (unpaired) electrons. The van der Waals surface area contributed by atoms with E-state index in [9.17, 15) is 4.79 Å². The molecule has 1 aromatic heterocycles. The van der Waals surface area contributed by atoms with Crippen LogP contribution < -0.4 is 4.74 Å². The lowest BCUT2D eigenvalue weighted by Gasteiger charge is -2.19. The molecule has 4 rings (SSSR count). The minimum Gasteiger partial charge on any atom is -0.488 e. The summed E-state index contributed by atoms with van der Waals surface area (Å²) in [7, 11) is 0. The minimum atomic E-state index is 0.0435. The first-order valence-corrected chi connectivity index (χ1v) is 9.00. The Hall–Kier alpha value is -2.82. The van der Waals surface area contributed by atoms with E-state index in [1.165, 1.54) is 0 Å². The molecule has 1 aliphatic heterocycles. The number of rotatable bonds is 4. The zero-order chi connectivity index (χ0) is 18.1. The molecule has 1 saturated heterocycles. The Balaban J connectivity index is 1.71. The fraction of sp³-hybridized carbons (Fsp3) is 0.333. The number of hydrogen-bond donors (Lipinski definition) is 0. The van der Waals surface area contributed by atoms with Crippen LogP contribution in [0.2, 0.25) is 0 Å². The van der Waals surface area contributed by atoms with Crippen LogP contribution in [0.4, 0.5) is 0 Å². The third-order valence-corrected chi connectivity index (χ3v) is 5.02. The molecule has 1 amide bonds. The Labute approximate surface area is 152 Å². The number of benzene rings is 2. The van der Waals surface area contributed by atoms with Gasteiger partial charge in [0.1, 0.15) is 18.1 Å². The van der Waals surface area contributed by atoms with Gasteiger partial charge in [-0.25, -0.2) is 0 Å². The summed E-state index contributed by atoms with van der Waals surface area (Å²) in [5.41, 5.74) is 2.37. The van der Waals surface area contributed by atoms with Crippen LogP contribution >= 0.6 is 0 Å². The van der Waals surface area contributed by atoms with E-state index in [2.05, 4.69) is 5.16 Å². The van der Waals surface area contributed by atoms with Gasteiger partial charge in [0, 0.05) is 13.1 Å². The zero-order valence-corrected chi connectivity index (χ0v) is 15.1. The second-order valence-electron chi connectivity index (χ2n) is 6.79. The van der Waals surface area contributed by atoms with Crippen LogP contribution in [0.5, 0.6) is 5.75 Å². The fourth-order valence-electron chi connectivity index (χ4n) is 3.45. The molecule has 2 aromatic carbocycles. The molecule has 1 aliphatic rings. The predicted octanol–water partition coefficient (Wildman–Crippen LogP) is 4.26. The Morgan fingerprint density at radius 2 is 1.85 bits per heavy atom. The summed E-state index contributed by atoms with van der Waals surface area (Å²) in [4.78, 5) is 14.9. The first-order chi connectivity index (χ1) is 12.6. The van der Waals surface area contributed by atoms with Crippen molar-refractivity contribution in [2.75, 3.05) is 13.1 Å². The van der Waals surface area contributed by atoms with Gasteiger partial charge in [-0.2, -0.15) is 0 Å². The molecule has 0 unspecified atom stereocenters. The van der Waals surface area contributed by atoms with Crippen LogP contribution in [-0.2, 0) is 6.61 Å². The van der Waals surface area contributed by atoms with Crippen molar-refractivity contribution in [2.45, 2.75) is 33.3 Å². The van der Waals surface area contributed by atoms with Crippen molar-refractivity contribution in [3.05, 3.63) is 59.0 Å². The third kappa shape index (κ3) is 3.05. The van der Waals surface area contributed by atoms with Gasteiger partial charge in [-0.3, -0.25) is 4.79 Å². The number of carbonyl (C=O) groups excluding carboxylic acids is 1. The molecule has 0 spiro atoms. The summed E-state index contributed by atoms with van der Waals surface area (Å²) < 4.78 is 11.3. The maximum atomic E-state index is 13.0.